The van der Waals surface area contributed by atoms with Gasteiger partial charge in [-0.05, 0) is 13.8 Å². The second-order valence-electron chi connectivity index (χ2n) is 4.02. The second-order valence-corrected chi connectivity index (χ2v) is 5.05. The van der Waals surface area contributed by atoms with Crippen molar-refractivity contribution in [1.82, 2.24) is 19.9 Å². The Balaban J connectivity index is 2.42. The van der Waals surface area contributed by atoms with Crippen LogP contribution >= 0.6 is 11.3 Å². The average molecular weight is 318 g/mol. The summed E-state index contributed by atoms with van der Waals surface area (Å²) < 4.78 is 37.7. The molecule has 0 aliphatic heterocycles. The van der Waals surface area contributed by atoms with Gasteiger partial charge in [-0.2, -0.15) is 28.1 Å². The van der Waals surface area contributed by atoms with Crippen LogP contribution in [0.25, 0.3) is 10.7 Å². The van der Waals surface area contributed by atoms with Crippen LogP contribution in [0.3, 0.4) is 0 Å². The van der Waals surface area contributed by atoms with Crippen LogP contribution in [0.4, 0.5) is 25.1 Å². The van der Waals surface area contributed by atoms with E-state index in [4.69, 9.17) is 5.73 Å². The lowest BCUT2D eigenvalue weighted by Gasteiger charge is -2.18. The Labute approximate surface area is 122 Å². The van der Waals surface area contributed by atoms with Crippen LogP contribution in [0.5, 0.6) is 0 Å². The Morgan fingerprint density at radius 3 is 2.38 bits per heavy atom. The summed E-state index contributed by atoms with van der Waals surface area (Å²) in [5.41, 5.74) is 5.61. The first-order valence-corrected chi connectivity index (χ1v) is 6.96. The van der Waals surface area contributed by atoms with Gasteiger partial charge in [0.1, 0.15) is 0 Å². The van der Waals surface area contributed by atoms with Crippen LogP contribution in [0.2, 0.25) is 0 Å². The summed E-state index contributed by atoms with van der Waals surface area (Å²) in [6.45, 7) is 5.13. The number of nitrogen functional groups attached to an aromatic ring is 1. The van der Waals surface area contributed by atoms with E-state index in [-0.39, 0.29) is 16.6 Å². The van der Waals surface area contributed by atoms with Crippen molar-refractivity contribution in [2.75, 3.05) is 23.7 Å². The highest BCUT2D eigenvalue weighted by Crippen LogP contribution is 2.35. The minimum atomic E-state index is -4.48. The van der Waals surface area contributed by atoms with Crippen LogP contribution in [-0.2, 0) is 6.18 Å². The monoisotopic (exact) mass is 318 g/mol. The van der Waals surface area contributed by atoms with Crippen molar-refractivity contribution in [2.45, 2.75) is 20.0 Å². The molecule has 0 aliphatic rings. The van der Waals surface area contributed by atoms with Crippen LogP contribution in [-0.4, -0.2) is 33.0 Å². The Morgan fingerprint density at radius 1 is 1.19 bits per heavy atom. The number of nitrogens with two attached hydrogens (primary N) is 1. The Hall–Kier alpha value is -1.97. The van der Waals surface area contributed by atoms with Gasteiger partial charge < -0.3 is 10.6 Å². The predicted octanol–water partition coefficient (Wildman–Crippen LogP) is 2.44. The van der Waals surface area contributed by atoms with Crippen LogP contribution < -0.4 is 10.6 Å². The molecule has 0 aromatic carbocycles. The molecule has 0 aliphatic carbocycles. The Morgan fingerprint density at radius 2 is 1.86 bits per heavy atom. The molecule has 0 spiro atoms. The summed E-state index contributed by atoms with van der Waals surface area (Å²) in [6, 6.07) is 0. The lowest BCUT2D eigenvalue weighted by molar-refractivity contribution is -0.137. The lowest BCUT2D eigenvalue weighted by Crippen LogP contribution is -2.25. The third kappa shape index (κ3) is 3.38. The highest BCUT2D eigenvalue weighted by molar-refractivity contribution is 7.15. The van der Waals surface area contributed by atoms with Gasteiger partial charge in [-0.1, -0.05) is 0 Å². The number of halogens is 3. The molecule has 2 N–H and O–H groups in total. The number of hydrogen-bond acceptors (Lipinski definition) is 7. The van der Waals surface area contributed by atoms with Crippen molar-refractivity contribution in [3.05, 3.63) is 11.2 Å². The third-order valence-corrected chi connectivity index (χ3v) is 3.69. The number of rotatable bonds is 4. The highest BCUT2D eigenvalue weighted by Gasteiger charge is 2.35. The average Bonchev–Trinajstić information content (AvgIpc) is 2.89. The number of hydrogen-bond donors (Lipinski definition) is 1. The second kappa shape index (κ2) is 5.80. The number of nitrogens with zero attached hydrogens (tertiary/aromatic N) is 5. The molecule has 2 aromatic heterocycles. The number of aromatic nitrogens is 4. The molecule has 0 unspecified atom stereocenters. The summed E-state index contributed by atoms with van der Waals surface area (Å²) in [5, 5.41) is -0.944. The zero-order valence-electron chi connectivity index (χ0n) is 11.3. The van der Waals surface area contributed by atoms with E-state index in [1.807, 2.05) is 18.7 Å². The van der Waals surface area contributed by atoms with Gasteiger partial charge in [-0.3, -0.25) is 0 Å². The van der Waals surface area contributed by atoms with E-state index in [1.165, 1.54) is 0 Å². The van der Waals surface area contributed by atoms with E-state index >= 15 is 0 Å². The number of anilines is 2. The Kier molecular flexibility index (Phi) is 4.26. The van der Waals surface area contributed by atoms with Gasteiger partial charge in [0.25, 0.3) is 0 Å². The minimum absolute atomic E-state index is 0.0381. The van der Waals surface area contributed by atoms with Gasteiger partial charge in [0.05, 0.1) is 4.88 Å². The highest BCUT2D eigenvalue weighted by atomic mass is 32.1. The molecule has 0 atom stereocenters. The first-order chi connectivity index (χ1) is 9.85. The molecule has 2 aromatic rings. The zero-order chi connectivity index (χ0) is 15.6. The van der Waals surface area contributed by atoms with E-state index < -0.39 is 11.2 Å². The van der Waals surface area contributed by atoms with Crippen LogP contribution in [0.1, 0.15) is 18.9 Å². The molecule has 114 valence electrons. The van der Waals surface area contributed by atoms with Gasteiger partial charge in [0.2, 0.25) is 11.9 Å². The molecule has 0 amide bonds. The van der Waals surface area contributed by atoms with Crippen molar-refractivity contribution in [3.8, 4) is 10.7 Å². The normalized spacial score (nSPS) is 11.7. The molecule has 0 saturated carbocycles. The number of alkyl halides is 3. The van der Waals surface area contributed by atoms with E-state index in [9.17, 15) is 13.2 Å². The summed E-state index contributed by atoms with van der Waals surface area (Å²) in [5.74, 6) is 0.394. The fraction of sp³-hybridized carbons (Fsp3) is 0.455. The summed E-state index contributed by atoms with van der Waals surface area (Å²) in [4.78, 5) is 17.4. The standard InChI is InChI=1S/C11H13F3N6S/c1-3-20(4-2)10-18-7(17-9(15)19-10)6-5-16-8(21-6)11(12,13)14/h5H,3-4H2,1-2H3,(H2,15,17,18,19). The molecular formula is C11H13F3N6S. The molecule has 2 rings (SSSR count). The van der Waals surface area contributed by atoms with Crippen molar-refractivity contribution < 1.29 is 13.2 Å². The van der Waals surface area contributed by atoms with Crippen molar-refractivity contribution in [1.29, 1.82) is 0 Å². The molecule has 0 bridgehead atoms. The van der Waals surface area contributed by atoms with Crippen molar-refractivity contribution in [2.24, 2.45) is 0 Å². The Bertz CT molecular complexity index is 623. The summed E-state index contributed by atoms with van der Waals surface area (Å²) in [6.07, 6.45) is -3.39. The summed E-state index contributed by atoms with van der Waals surface area (Å²) >= 11 is 0.474. The largest absolute Gasteiger partial charge is 0.443 e. The smallest absolute Gasteiger partial charge is 0.368 e. The first kappa shape index (κ1) is 15.4. The SMILES string of the molecule is CCN(CC)c1nc(N)nc(-c2cnc(C(F)(F)F)s2)n1. The fourth-order valence-corrected chi connectivity index (χ4v) is 2.36. The molecule has 0 fully saturated rings. The zero-order valence-corrected chi connectivity index (χ0v) is 12.2. The van der Waals surface area contributed by atoms with Gasteiger partial charge in [-0.25, -0.2) is 4.98 Å². The fourth-order valence-electron chi connectivity index (χ4n) is 1.65. The summed E-state index contributed by atoms with van der Waals surface area (Å²) in [7, 11) is 0. The minimum Gasteiger partial charge on any atom is -0.368 e. The maximum absolute atomic E-state index is 12.6. The van der Waals surface area contributed by atoms with Gasteiger partial charge >= 0.3 is 6.18 Å². The lowest BCUT2D eigenvalue weighted by atomic mass is 10.5. The van der Waals surface area contributed by atoms with Gasteiger partial charge in [0.15, 0.2) is 10.8 Å². The molecule has 0 saturated heterocycles. The third-order valence-electron chi connectivity index (χ3n) is 2.66. The van der Waals surface area contributed by atoms with Gasteiger partial charge in [0, 0.05) is 19.3 Å². The molecular weight excluding hydrogens is 305 g/mol. The molecule has 0 radical (unpaired) electrons. The molecule has 21 heavy (non-hydrogen) atoms. The van der Waals surface area contributed by atoms with Crippen molar-refractivity contribution >= 4 is 23.2 Å². The van der Waals surface area contributed by atoms with Crippen molar-refractivity contribution in [3.63, 3.8) is 0 Å². The maximum atomic E-state index is 12.6. The predicted molar refractivity (Wildman–Crippen MR) is 73.9 cm³/mol. The molecule has 6 nitrogen and oxygen atoms in total. The van der Waals surface area contributed by atoms with E-state index in [0.29, 0.717) is 30.4 Å². The van der Waals surface area contributed by atoms with Crippen LogP contribution in [0, 0.1) is 0 Å². The number of thiazole rings is 1. The maximum Gasteiger partial charge on any atom is 0.443 e. The van der Waals surface area contributed by atoms with E-state index in [0.717, 1.165) is 6.20 Å². The molecule has 2 heterocycles. The van der Waals surface area contributed by atoms with Crippen LogP contribution in [0.15, 0.2) is 6.20 Å². The van der Waals surface area contributed by atoms with E-state index in [1.54, 1.807) is 0 Å². The molecule has 10 heteroatoms. The van der Waals surface area contributed by atoms with Gasteiger partial charge in [-0.15, -0.1) is 11.3 Å². The first-order valence-electron chi connectivity index (χ1n) is 6.15. The topological polar surface area (TPSA) is 80.8 Å². The quantitative estimate of drug-likeness (QED) is 0.932. The van der Waals surface area contributed by atoms with E-state index in [2.05, 4.69) is 19.9 Å².